The lowest BCUT2D eigenvalue weighted by atomic mass is 9.88. The van der Waals surface area contributed by atoms with Gasteiger partial charge in [-0.3, -0.25) is 9.59 Å². The molecule has 0 unspecified atom stereocenters. The van der Waals surface area contributed by atoms with Gasteiger partial charge >= 0.3 is 0 Å². The SMILES string of the molecule is Cc1cc(-c2cnc3[nH]cc(C(=O)N[C@@H](C)C(C)(C)C)c3n2)sc1C(=O)N1CCS(=O)(=O)CC1. The molecule has 1 fully saturated rings. The summed E-state index contributed by atoms with van der Waals surface area (Å²) in [7, 11) is -3.07. The number of hydrogen-bond donors (Lipinski definition) is 2. The van der Waals surface area contributed by atoms with Crippen LogP contribution in [0.3, 0.4) is 0 Å². The number of nitrogens with zero attached hydrogens (tertiary/aromatic N) is 3. The van der Waals surface area contributed by atoms with E-state index < -0.39 is 9.84 Å². The number of sulfone groups is 1. The quantitative estimate of drug-likeness (QED) is 0.564. The summed E-state index contributed by atoms with van der Waals surface area (Å²) < 4.78 is 23.4. The molecular weight excluding hydrogens is 474 g/mol. The normalized spacial score (nSPS) is 17.0. The van der Waals surface area contributed by atoms with E-state index in [-0.39, 0.29) is 47.9 Å². The van der Waals surface area contributed by atoms with Gasteiger partial charge < -0.3 is 15.2 Å². The zero-order valence-corrected chi connectivity index (χ0v) is 21.6. The zero-order chi connectivity index (χ0) is 24.8. The Morgan fingerprint density at radius 2 is 1.91 bits per heavy atom. The number of aryl methyl sites for hydroxylation is 1. The molecule has 4 rings (SSSR count). The van der Waals surface area contributed by atoms with Crippen LogP contribution in [0.1, 0.15) is 53.3 Å². The first-order valence-electron chi connectivity index (χ1n) is 11.1. The minimum absolute atomic E-state index is 0.00960. The Hall–Kier alpha value is -2.79. The summed E-state index contributed by atoms with van der Waals surface area (Å²) in [6.45, 7) is 10.4. The molecule has 9 nitrogen and oxygen atoms in total. The summed E-state index contributed by atoms with van der Waals surface area (Å²) in [6.07, 6.45) is 3.23. The van der Waals surface area contributed by atoms with Crippen LogP contribution in [0.4, 0.5) is 0 Å². The van der Waals surface area contributed by atoms with Crippen molar-refractivity contribution in [1.82, 2.24) is 25.2 Å². The maximum absolute atomic E-state index is 13.0. The van der Waals surface area contributed by atoms with Crippen LogP contribution in [0.25, 0.3) is 21.7 Å². The third kappa shape index (κ3) is 4.85. The van der Waals surface area contributed by atoms with Crippen LogP contribution < -0.4 is 5.32 Å². The van der Waals surface area contributed by atoms with Crippen molar-refractivity contribution in [2.24, 2.45) is 5.41 Å². The number of carbonyl (C=O) groups excluding carboxylic acids is 2. The lowest BCUT2D eigenvalue weighted by Gasteiger charge is -2.27. The smallest absolute Gasteiger partial charge is 0.264 e. The number of amides is 2. The Morgan fingerprint density at radius 1 is 1.24 bits per heavy atom. The van der Waals surface area contributed by atoms with E-state index in [2.05, 4.69) is 36.1 Å². The average molecular weight is 504 g/mol. The fourth-order valence-electron chi connectivity index (χ4n) is 3.55. The molecule has 0 aromatic carbocycles. The van der Waals surface area contributed by atoms with Crippen molar-refractivity contribution in [3.63, 3.8) is 0 Å². The Bertz CT molecular complexity index is 1350. The number of aromatic nitrogens is 3. The van der Waals surface area contributed by atoms with Gasteiger partial charge in [0.25, 0.3) is 11.8 Å². The second-order valence-corrected chi connectivity index (χ2v) is 13.1. The highest BCUT2D eigenvalue weighted by molar-refractivity contribution is 7.91. The van der Waals surface area contributed by atoms with Gasteiger partial charge in [0, 0.05) is 25.3 Å². The van der Waals surface area contributed by atoms with Gasteiger partial charge in [-0.15, -0.1) is 11.3 Å². The summed E-state index contributed by atoms with van der Waals surface area (Å²) in [5, 5.41) is 3.03. The van der Waals surface area contributed by atoms with Gasteiger partial charge in [-0.05, 0) is 30.9 Å². The molecule has 2 N–H and O–H groups in total. The molecule has 0 spiro atoms. The summed E-state index contributed by atoms with van der Waals surface area (Å²) in [4.78, 5) is 41.0. The van der Waals surface area contributed by atoms with Crippen LogP contribution in [0, 0.1) is 12.3 Å². The third-order valence-electron chi connectivity index (χ3n) is 6.27. The van der Waals surface area contributed by atoms with Crippen molar-refractivity contribution in [2.45, 2.75) is 40.7 Å². The number of aromatic amines is 1. The molecule has 2 amide bonds. The summed E-state index contributed by atoms with van der Waals surface area (Å²) >= 11 is 1.30. The van der Waals surface area contributed by atoms with Crippen LogP contribution in [-0.2, 0) is 9.84 Å². The monoisotopic (exact) mass is 503 g/mol. The molecule has 0 aliphatic carbocycles. The minimum atomic E-state index is -3.07. The first-order chi connectivity index (χ1) is 15.9. The van der Waals surface area contributed by atoms with Gasteiger partial charge in [-0.25, -0.2) is 18.4 Å². The van der Waals surface area contributed by atoms with Crippen LogP contribution >= 0.6 is 11.3 Å². The van der Waals surface area contributed by atoms with Gasteiger partial charge in [0.05, 0.1) is 38.7 Å². The molecule has 0 radical (unpaired) electrons. The van der Waals surface area contributed by atoms with Gasteiger partial charge in [-0.1, -0.05) is 20.8 Å². The summed E-state index contributed by atoms with van der Waals surface area (Å²) in [6, 6.07) is 1.84. The fourth-order valence-corrected chi connectivity index (χ4v) is 5.85. The predicted octanol–water partition coefficient (Wildman–Crippen LogP) is 3.03. The molecule has 3 aromatic heterocycles. The molecule has 0 bridgehead atoms. The molecule has 34 heavy (non-hydrogen) atoms. The number of carbonyl (C=O) groups is 2. The first kappa shape index (κ1) is 24.3. The van der Waals surface area contributed by atoms with Crippen LogP contribution in [0.5, 0.6) is 0 Å². The average Bonchev–Trinajstić information content (AvgIpc) is 3.35. The minimum Gasteiger partial charge on any atom is -0.349 e. The van der Waals surface area contributed by atoms with Gasteiger partial charge in [0.2, 0.25) is 0 Å². The number of hydrogen-bond acceptors (Lipinski definition) is 7. The summed E-state index contributed by atoms with van der Waals surface area (Å²) in [5.74, 6) is -0.414. The first-order valence-corrected chi connectivity index (χ1v) is 13.7. The molecule has 182 valence electrons. The molecule has 3 aromatic rings. The molecule has 0 saturated carbocycles. The lowest BCUT2D eigenvalue weighted by molar-refractivity contribution is 0.0774. The van der Waals surface area contributed by atoms with Gasteiger partial charge in [0.15, 0.2) is 15.5 Å². The topological polar surface area (TPSA) is 125 Å². The van der Waals surface area contributed by atoms with Crippen molar-refractivity contribution in [2.75, 3.05) is 24.6 Å². The molecule has 1 atom stereocenters. The molecule has 1 aliphatic rings. The molecule has 11 heteroatoms. The van der Waals surface area contributed by atoms with E-state index in [9.17, 15) is 18.0 Å². The largest absolute Gasteiger partial charge is 0.349 e. The standard InChI is InChI=1S/C23H29N5O4S2/c1-13-10-17(33-19(13)22(30)28-6-8-34(31,32)9-7-28)16-12-25-20-18(27-16)15(11-24-20)21(29)26-14(2)23(3,4)5/h10-12,14H,6-9H2,1-5H3,(H,24,25)(H,26,29)/t14-/m0/s1. The van der Waals surface area contributed by atoms with Crippen molar-refractivity contribution in [3.8, 4) is 10.6 Å². The van der Waals surface area contributed by atoms with Crippen LogP contribution in [-0.4, -0.2) is 70.7 Å². The van der Waals surface area contributed by atoms with Gasteiger partial charge in [-0.2, -0.15) is 0 Å². The number of thiophene rings is 1. The maximum Gasteiger partial charge on any atom is 0.264 e. The van der Waals surface area contributed by atoms with Crippen molar-refractivity contribution >= 4 is 44.2 Å². The van der Waals surface area contributed by atoms with E-state index in [4.69, 9.17) is 4.98 Å². The second-order valence-electron chi connectivity index (χ2n) is 9.78. The maximum atomic E-state index is 13.0. The van der Waals surface area contributed by atoms with E-state index in [1.807, 2.05) is 19.9 Å². The van der Waals surface area contributed by atoms with E-state index in [1.165, 1.54) is 11.3 Å². The Labute approximate surface area is 202 Å². The Balaban J connectivity index is 1.60. The number of nitrogens with one attached hydrogen (secondary N) is 2. The van der Waals surface area contributed by atoms with E-state index in [1.54, 1.807) is 17.3 Å². The van der Waals surface area contributed by atoms with Crippen molar-refractivity contribution in [1.29, 1.82) is 0 Å². The fraction of sp³-hybridized carbons (Fsp3) is 0.478. The van der Waals surface area contributed by atoms with E-state index >= 15 is 0 Å². The molecule has 4 heterocycles. The summed E-state index contributed by atoms with van der Waals surface area (Å²) in [5.41, 5.74) is 2.67. The van der Waals surface area contributed by atoms with E-state index in [0.717, 1.165) is 10.4 Å². The number of H-pyrrole nitrogens is 1. The van der Waals surface area contributed by atoms with Crippen LogP contribution in [0.2, 0.25) is 0 Å². The highest BCUT2D eigenvalue weighted by Gasteiger charge is 2.28. The lowest BCUT2D eigenvalue weighted by Crippen LogP contribution is -2.43. The number of fused-ring (bicyclic) bond motifs is 1. The third-order valence-corrected chi connectivity index (χ3v) is 9.12. The van der Waals surface area contributed by atoms with Crippen molar-refractivity contribution in [3.05, 3.63) is 34.5 Å². The zero-order valence-electron chi connectivity index (χ0n) is 19.9. The Kier molecular flexibility index (Phi) is 6.28. The highest BCUT2D eigenvalue weighted by atomic mass is 32.2. The van der Waals surface area contributed by atoms with E-state index in [0.29, 0.717) is 27.3 Å². The molecular formula is C23H29N5O4S2. The Morgan fingerprint density at radius 3 is 2.56 bits per heavy atom. The van der Waals surface area contributed by atoms with Crippen LogP contribution in [0.15, 0.2) is 18.5 Å². The van der Waals surface area contributed by atoms with Gasteiger partial charge in [0.1, 0.15) is 5.52 Å². The molecule has 1 saturated heterocycles. The second kappa shape index (κ2) is 8.77. The molecule has 1 aliphatic heterocycles. The highest BCUT2D eigenvalue weighted by Crippen LogP contribution is 2.32. The predicted molar refractivity (Wildman–Crippen MR) is 133 cm³/mol. The number of rotatable bonds is 4. The van der Waals surface area contributed by atoms with Crippen molar-refractivity contribution < 1.29 is 18.0 Å².